The summed E-state index contributed by atoms with van der Waals surface area (Å²) >= 11 is 5.99. The molecule has 0 bridgehead atoms. The maximum atomic E-state index is 12.8. The number of hydrogen-bond donors (Lipinski definition) is 4. The second-order valence-electron chi connectivity index (χ2n) is 19.1. The number of carbonyl (C=O) groups is 2. The Hall–Kier alpha value is -4.93. The van der Waals surface area contributed by atoms with Crippen LogP contribution in [-0.4, -0.2) is 129 Å². The summed E-state index contributed by atoms with van der Waals surface area (Å²) in [5, 5.41) is 16.2. The smallest absolute Gasteiger partial charge is 0.416 e. The number of amides is 2. The van der Waals surface area contributed by atoms with E-state index in [4.69, 9.17) is 35.6 Å². The summed E-state index contributed by atoms with van der Waals surface area (Å²) in [7, 11) is -8.59. The third kappa shape index (κ3) is 31.6. The Morgan fingerprint density at radius 3 is 1.16 bits per heavy atom. The predicted octanol–water partition coefficient (Wildman–Crippen LogP) is 9.43. The summed E-state index contributed by atoms with van der Waals surface area (Å²) in [6.07, 6.45) is -6.38. The molecule has 0 saturated carbocycles. The molecule has 0 aliphatic carbocycles. The molecule has 4 heterocycles. The molecule has 2 amide bonds. The van der Waals surface area contributed by atoms with Crippen LogP contribution in [0.15, 0.2) is 106 Å². The van der Waals surface area contributed by atoms with Crippen LogP contribution in [0.2, 0.25) is 0 Å². The largest absolute Gasteiger partial charge is 0.445 e. The SMILES string of the molecule is C.Fc1cc(C(F)(F)F)ccc1Br.NS(=O)(=O)C1CCN(C(=O)OCc2ccccc2)CC1.NS(=O)(=O)C1CCN(c2cc(C(F)(F)F)ccc2Br)CC1.NS(=O)(=O)C1CCNCC1.O=C(OCc1ccccc1)N1CCC(S(=O)(=O)Cl)CC1.[Ne].[Ne].[Ne].[Ne].[Ne].[Ne]. The normalized spacial score (nSPS) is 15.9. The second-order valence-corrected chi connectivity index (χ2v) is 29.3. The third-order valence-electron chi connectivity index (χ3n) is 13.2. The number of alkyl halides is 6. The first kappa shape index (κ1) is 91.5. The number of nitrogens with two attached hydrogens (primary N) is 3. The van der Waals surface area contributed by atoms with Gasteiger partial charge < -0.3 is 29.5 Å². The summed E-state index contributed by atoms with van der Waals surface area (Å²) in [6.45, 7) is 4.07. The van der Waals surface area contributed by atoms with Crippen LogP contribution >= 0.6 is 42.5 Å². The van der Waals surface area contributed by atoms with E-state index in [9.17, 15) is 74.0 Å². The molecule has 90 heavy (non-hydrogen) atoms. The average molecular weight is 1550 g/mol. The van der Waals surface area contributed by atoms with E-state index in [-0.39, 0.29) is 67.3 Å². The Kier molecular flexibility index (Phi) is 41.6. The van der Waals surface area contributed by atoms with Gasteiger partial charge in [-0.3, -0.25) is 0 Å². The topological polar surface area (TPSA) is 289 Å². The number of anilines is 1. The summed E-state index contributed by atoms with van der Waals surface area (Å²) in [6, 6.07) is 24.5. The molecule has 4 saturated heterocycles. The number of benzene rings is 4. The first-order valence-electron chi connectivity index (χ1n) is 25.3. The third-order valence-corrected chi connectivity index (χ3v) is 20.7. The van der Waals surface area contributed by atoms with Crippen LogP contribution in [0, 0.1) is 42.7 Å². The molecular weight excluding hydrogens is 1480 g/mol. The fraction of sp³-hybridized carbons (Fsp3) is 0.490. The minimum absolute atomic E-state index is 0. The molecule has 0 spiro atoms. The van der Waals surface area contributed by atoms with Crippen molar-refractivity contribution in [3.05, 3.63) is 134 Å². The molecule has 4 aliphatic heterocycles. The van der Waals surface area contributed by atoms with Crippen LogP contribution in [0.3, 0.4) is 0 Å². The zero-order valence-electron chi connectivity index (χ0n) is 46.3. The number of hydrogen-bond acceptors (Lipinski definition) is 14. The monoisotopic (exact) mass is 1540 g/mol. The van der Waals surface area contributed by atoms with Crippen molar-refractivity contribution < 1.29 is 120 Å². The zero-order chi connectivity index (χ0) is 62.0. The van der Waals surface area contributed by atoms with Gasteiger partial charge in [-0.15, -0.1) is 0 Å². The number of ether oxygens (including phenoxy) is 2. The molecule has 7 N–H and O–H groups in total. The van der Waals surface area contributed by atoms with E-state index in [1.807, 2.05) is 60.7 Å². The van der Waals surface area contributed by atoms with Gasteiger partial charge in [-0.25, -0.2) is 63.1 Å². The van der Waals surface area contributed by atoms with E-state index in [1.54, 1.807) is 4.90 Å². The summed E-state index contributed by atoms with van der Waals surface area (Å²) in [4.78, 5) is 28.5. The molecule has 19 nitrogen and oxygen atoms in total. The molecule has 4 aromatic carbocycles. The molecule has 39 heteroatoms. The Labute approximate surface area is 543 Å². The Morgan fingerprint density at radius 2 is 0.833 bits per heavy atom. The van der Waals surface area contributed by atoms with Crippen molar-refractivity contribution >= 4 is 99.5 Å². The number of nitrogens with one attached hydrogen (secondary N) is 1. The number of primary sulfonamides is 3. The van der Waals surface area contributed by atoms with Gasteiger partial charge in [0.1, 0.15) is 19.0 Å². The molecule has 0 unspecified atom stereocenters. The molecular formula is C51H67Br2ClF7N7Ne6O12S4. The van der Waals surface area contributed by atoms with Gasteiger partial charge in [-0.1, -0.05) is 68.1 Å². The maximum Gasteiger partial charge on any atom is 0.416 e. The fourth-order valence-electron chi connectivity index (χ4n) is 8.46. The van der Waals surface area contributed by atoms with Crippen molar-refractivity contribution in [1.82, 2.24) is 15.1 Å². The van der Waals surface area contributed by atoms with Gasteiger partial charge in [-0.2, -0.15) is 26.3 Å². The summed E-state index contributed by atoms with van der Waals surface area (Å²) in [5.74, 6) is -0.912. The van der Waals surface area contributed by atoms with E-state index < -0.39 is 96.4 Å². The minimum atomic E-state index is -4.48. The first-order valence-corrected chi connectivity index (χ1v) is 34.1. The molecule has 0 radical (unpaired) electrons. The molecule has 4 aliphatic rings. The van der Waals surface area contributed by atoms with E-state index >= 15 is 0 Å². The van der Waals surface area contributed by atoms with Crippen LogP contribution in [0.5, 0.6) is 0 Å². The number of sulfonamides is 3. The Bertz CT molecular complexity index is 3120. The quantitative estimate of drug-likeness (QED) is 0.0897. The maximum absolute atomic E-state index is 12.8. The standard InChI is InChI=1S/C13H16ClNO4S.C13H18N2O4S.C12H14BrF3N2O2S.C7H3BrF4.C5H12N2O2S.CH4.6Ne/c2*14-20(17,18)12-6-8-15(9-7-12)13(16)19-10-11-4-2-1-3-5-11;13-10-2-1-8(12(14,15)16)7-11(10)18-5-3-9(4-6-18)21(17,19)20;8-5-2-1-4(3-6(5)9)7(10,11)12;6-10(8,9)5-1-3-7-4-2-5;;;;;;;/h1-5,12H,6-10H2;1-5,12H,6-10H2,(H2,14,17,18);1-2,7,9H,3-6H2,(H2,17,19,20);1-3H;5,7H,1-4H2,(H2,6,8,9);1H4;;;;;;. The van der Waals surface area contributed by atoms with Crippen LogP contribution in [-0.2, 0) is 74.2 Å². The second kappa shape index (κ2) is 40.9. The molecule has 0 aromatic heterocycles. The summed E-state index contributed by atoms with van der Waals surface area (Å²) in [5.41, 5.74) is 0.537. The molecule has 8 rings (SSSR count). The van der Waals surface area contributed by atoms with E-state index in [0.717, 1.165) is 48.5 Å². The Balaban J connectivity index is -0.000000515. The number of likely N-dealkylation sites (tertiary alicyclic amines) is 2. The fourth-order valence-corrected chi connectivity index (χ4v) is 13.1. The zero-order valence-corrected chi connectivity index (χ0v) is 53.5. The molecule has 520 valence electrons. The van der Waals surface area contributed by atoms with E-state index in [0.29, 0.717) is 107 Å². The van der Waals surface area contributed by atoms with Crippen LogP contribution < -0.4 is 25.6 Å². The number of halogens is 10. The molecule has 0 atom stereocenters. The predicted molar refractivity (Wildman–Crippen MR) is 313 cm³/mol. The van der Waals surface area contributed by atoms with Gasteiger partial charge in [0.25, 0.3) is 0 Å². The van der Waals surface area contributed by atoms with Gasteiger partial charge in [0.05, 0.1) is 42.3 Å². The molecule has 4 aromatic rings. The molecule has 4 fully saturated rings. The van der Waals surface area contributed by atoms with E-state index in [2.05, 4.69) is 37.2 Å². The van der Waals surface area contributed by atoms with Crippen molar-refractivity contribution in [1.29, 1.82) is 0 Å². The average Bonchev–Trinajstić information content (AvgIpc) is 1.05. The van der Waals surface area contributed by atoms with Gasteiger partial charge >= 0.3 is 24.5 Å². The number of piperidine rings is 4. The number of carbonyl (C=O) groups excluding carboxylic acids is 2. The van der Waals surface area contributed by atoms with Crippen LogP contribution in [0.1, 0.15) is 81.0 Å². The van der Waals surface area contributed by atoms with Crippen molar-refractivity contribution in [2.24, 2.45) is 15.4 Å². The van der Waals surface area contributed by atoms with Crippen LogP contribution in [0.25, 0.3) is 0 Å². The number of rotatable bonds is 9. The van der Waals surface area contributed by atoms with Crippen molar-refractivity contribution in [2.75, 3.05) is 57.3 Å². The minimum Gasteiger partial charge on any atom is -0.445 e. The van der Waals surface area contributed by atoms with Crippen molar-refractivity contribution in [3.8, 4) is 0 Å². The van der Waals surface area contributed by atoms with Gasteiger partial charge in [0, 0.05) is 91.3 Å². The Morgan fingerprint density at radius 1 is 0.511 bits per heavy atom. The van der Waals surface area contributed by atoms with E-state index in [1.165, 1.54) is 15.9 Å². The first-order chi connectivity index (χ1) is 38.5. The van der Waals surface area contributed by atoms with Crippen molar-refractivity contribution in [2.45, 2.75) is 105 Å². The van der Waals surface area contributed by atoms with Crippen molar-refractivity contribution in [3.63, 3.8) is 0 Å². The summed E-state index contributed by atoms with van der Waals surface area (Å²) < 4.78 is 186. The van der Waals surface area contributed by atoms with Gasteiger partial charge in [0.15, 0.2) is 0 Å². The number of nitrogens with zero attached hydrogens (tertiary/aromatic N) is 3. The van der Waals surface area contributed by atoms with Gasteiger partial charge in [-0.05, 0) is 144 Å². The van der Waals surface area contributed by atoms with Crippen LogP contribution in [0.4, 0.5) is 46.0 Å². The van der Waals surface area contributed by atoms with Gasteiger partial charge in [0.2, 0.25) is 39.1 Å².